The zero-order valence-corrected chi connectivity index (χ0v) is 26.3. The van der Waals surface area contributed by atoms with E-state index in [1.807, 2.05) is 31.4 Å². The minimum atomic E-state index is -1.25. The van der Waals surface area contributed by atoms with Crippen molar-refractivity contribution < 1.29 is 14.6 Å². The fraction of sp³-hybridized carbons (Fsp3) is 0.400. The van der Waals surface area contributed by atoms with Crippen molar-refractivity contribution in [3.63, 3.8) is 0 Å². The molecule has 2 aromatic carbocycles. The summed E-state index contributed by atoms with van der Waals surface area (Å²) in [6.07, 6.45) is 12.3. The van der Waals surface area contributed by atoms with Crippen molar-refractivity contribution in [2.45, 2.75) is 91.3 Å². The Morgan fingerprint density at radius 3 is 2.35 bits per heavy atom. The molecule has 2 N–H and O–H groups in total. The fourth-order valence-corrected chi connectivity index (χ4v) is 5.87. The first-order valence-electron chi connectivity index (χ1n) is 15.3. The number of allylic oxidation sites excluding steroid dienone is 2. The van der Waals surface area contributed by atoms with Crippen molar-refractivity contribution in [2.24, 2.45) is 0 Å². The molecule has 2 heterocycles. The van der Waals surface area contributed by atoms with Crippen molar-refractivity contribution in [3.05, 3.63) is 116 Å². The summed E-state index contributed by atoms with van der Waals surface area (Å²) in [6, 6.07) is 11.0. The van der Waals surface area contributed by atoms with E-state index in [1.54, 1.807) is 28.8 Å². The van der Waals surface area contributed by atoms with Crippen LogP contribution in [-0.4, -0.2) is 20.6 Å². The highest BCUT2D eigenvalue weighted by atomic mass is 35.5. The van der Waals surface area contributed by atoms with E-state index in [1.165, 1.54) is 0 Å². The number of unbranched alkanes of at least 4 members (excludes halogenated alkanes) is 1. The molecular formula is C35H42ClN3O4. The summed E-state index contributed by atoms with van der Waals surface area (Å²) < 4.78 is 8.07. The molecule has 1 aromatic heterocycles. The zero-order valence-electron chi connectivity index (χ0n) is 25.5. The molecule has 1 aliphatic heterocycles. The van der Waals surface area contributed by atoms with E-state index in [2.05, 4.69) is 38.2 Å². The lowest BCUT2D eigenvalue weighted by molar-refractivity contribution is -0.145. The molecule has 4 rings (SSSR count). The number of nitrogens with one attached hydrogen (secondary N) is 1. The lowest BCUT2D eigenvalue weighted by Crippen LogP contribution is -2.36. The van der Waals surface area contributed by atoms with E-state index in [0.29, 0.717) is 47.0 Å². The van der Waals surface area contributed by atoms with Crippen LogP contribution in [-0.2, 0) is 30.5 Å². The van der Waals surface area contributed by atoms with E-state index in [9.17, 15) is 14.7 Å². The summed E-state index contributed by atoms with van der Waals surface area (Å²) in [5.74, 6) is 0.168. The first-order chi connectivity index (χ1) is 20.8. The maximum Gasteiger partial charge on any atom is 0.349 e. The van der Waals surface area contributed by atoms with Gasteiger partial charge in [0.05, 0.1) is 5.69 Å². The summed E-state index contributed by atoms with van der Waals surface area (Å²) in [7, 11) is 0. The van der Waals surface area contributed by atoms with Crippen molar-refractivity contribution in [2.75, 3.05) is 0 Å². The summed E-state index contributed by atoms with van der Waals surface area (Å²) >= 11 is 6.40. The van der Waals surface area contributed by atoms with Crippen LogP contribution in [0, 0.1) is 6.92 Å². The monoisotopic (exact) mass is 603 g/mol. The van der Waals surface area contributed by atoms with Crippen LogP contribution in [0.5, 0.6) is 5.75 Å². The molecule has 1 aliphatic rings. The summed E-state index contributed by atoms with van der Waals surface area (Å²) in [5.41, 5.74) is 4.76. The van der Waals surface area contributed by atoms with Crippen LogP contribution in [0.4, 0.5) is 0 Å². The third kappa shape index (κ3) is 7.57. The lowest BCUT2D eigenvalue weighted by Gasteiger charge is -2.24. The highest BCUT2D eigenvalue weighted by Gasteiger charge is 2.27. The van der Waals surface area contributed by atoms with Gasteiger partial charge in [0.2, 0.25) is 6.10 Å². The lowest BCUT2D eigenvalue weighted by atomic mass is 9.94. The van der Waals surface area contributed by atoms with E-state index >= 15 is 0 Å². The predicted molar refractivity (Wildman–Crippen MR) is 172 cm³/mol. The second-order valence-electron chi connectivity index (χ2n) is 11.0. The molecular weight excluding hydrogens is 562 g/mol. The van der Waals surface area contributed by atoms with Crippen LogP contribution in [0.2, 0.25) is 5.02 Å². The Bertz CT molecular complexity index is 1530. The van der Waals surface area contributed by atoms with Crippen molar-refractivity contribution >= 4 is 17.6 Å². The molecule has 0 spiro atoms. The van der Waals surface area contributed by atoms with Crippen LogP contribution in [0.15, 0.2) is 65.6 Å². The van der Waals surface area contributed by atoms with Crippen molar-refractivity contribution in [1.29, 1.82) is 0 Å². The molecule has 228 valence electrons. The second kappa shape index (κ2) is 15.1. The number of carboxylic acid groups (broad SMARTS) is 1. The quantitative estimate of drug-likeness (QED) is 0.199. The first-order valence-corrected chi connectivity index (χ1v) is 15.7. The van der Waals surface area contributed by atoms with Gasteiger partial charge in [-0.1, -0.05) is 88.0 Å². The van der Waals surface area contributed by atoms with Gasteiger partial charge in [0.1, 0.15) is 17.7 Å². The SMILES string of the molecule is CCCCc1nc(C)n(C2C=CC=CN2)c(=O)c1Cc1cc(CCC)c(OC(C(=O)O)c2ccccc2Cl)c(CCC)c1. The number of carboxylic acids is 1. The summed E-state index contributed by atoms with van der Waals surface area (Å²) in [6.45, 7) is 8.19. The van der Waals surface area contributed by atoms with Gasteiger partial charge >= 0.3 is 5.97 Å². The largest absolute Gasteiger partial charge is 0.478 e. The van der Waals surface area contributed by atoms with Gasteiger partial charge in [-0.05, 0) is 73.7 Å². The smallest absolute Gasteiger partial charge is 0.349 e. The van der Waals surface area contributed by atoms with Gasteiger partial charge in [-0.2, -0.15) is 0 Å². The number of aliphatic carboxylic acids is 1. The van der Waals surface area contributed by atoms with E-state index < -0.39 is 12.1 Å². The second-order valence-corrected chi connectivity index (χ2v) is 11.4. The van der Waals surface area contributed by atoms with Gasteiger partial charge in [-0.3, -0.25) is 9.36 Å². The molecule has 3 aromatic rings. The average Bonchev–Trinajstić information content (AvgIpc) is 2.98. The van der Waals surface area contributed by atoms with Crippen LogP contribution in [0.25, 0.3) is 0 Å². The number of aryl methyl sites for hydroxylation is 4. The molecule has 0 amide bonds. The van der Waals surface area contributed by atoms with Crippen LogP contribution in [0.1, 0.15) is 98.1 Å². The van der Waals surface area contributed by atoms with E-state index in [-0.39, 0.29) is 11.7 Å². The van der Waals surface area contributed by atoms with Gasteiger partial charge < -0.3 is 15.2 Å². The van der Waals surface area contributed by atoms with Gasteiger partial charge in [0.25, 0.3) is 5.56 Å². The van der Waals surface area contributed by atoms with E-state index in [4.69, 9.17) is 21.3 Å². The molecule has 8 heteroatoms. The predicted octanol–water partition coefficient (Wildman–Crippen LogP) is 7.42. The number of hydrogen-bond acceptors (Lipinski definition) is 5. The minimum Gasteiger partial charge on any atom is -0.478 e. The first kappa shape index (κ1) is 32.1. The molecule has 0 saturated carbocycles. The number of rotatable bonds is 14. The van der Waals surface area contributed by atoms with E-state index in [0.717, 1.165) is 54.5 Å². The highest BCUT2D eigenvalue weighted by Crippen LogP contribution is 2.35. The van der Waals surface area contributed by atoms with Gasteiger partial charge in [-0.25, -0.2) is 9.78 Å². The molecule has 0 radical (unpaired) electrons. The molecule has 7 nitrogen and oxygen atoms in total. The standard InChI is InChI=1S/C35H42ClN3O4/c1-5-8-17-30-28(34(40)39(23(4)38-30)31-18-11-12-19-37-31)22-24-20-25(13-6-2)32(26(21-24)14-7-3)43-33(35(41)42)27-15-9-10-16-29(27)36/h9-12,15-16,18-21,31,33,37H,5-8,13-14,17,22H2,1-4H3,(H,41,42). The highest BCUT2D eigenvalue weighted by molar-refractivity contribution is 6.31. The number of dihydropyridines is 1. The normalized spacial score (nSPS) is 14.9. The minimum absolute atomic E-state index is 0.0462. The molecule has 43 heavy (non-hydrogen) atoms. The Hall–Kier alpha value is -3.84. The Kier molecular flexibility index (Phi) is 11.2. The Morgan fingerprint density at radius 1 is 1.07 bits per heavy atom. The maximum absolute atomic E-state index is 14.1. The number of nitrogens with zero attached hydrogens (tertiary/aromatic N) is 2. The van der Waals surface area contributed by atoms with Gasteiger partial charge in [0.15, 0.2) is 0 Å². The molecule has 0 fully saturated rings. The Morgan fingerprint density at radius 2 is 1.77 bits per heavy atom. The maximum atomic E-state index is 14.1. The fourth-order valence-electron chi connectivity index (χ4n) is 5.63. The number of hydrogen-bond donors (Lipinski definition) is 2. The molecule has 0 bridgehead atoms. The molecule has 0 aliphatic carbocycles. The molecule has 0 saturated heterocycles. The van der Waals surface area contributed by atoms with Gasteiger partial charge in [0, 0.05) is 22.6 Å². The van der Waals surface area contributed by atoms with Crippen molar-refractivity contribution in [3.8, 4) is 5.75 Å². The third-order valence-corrected chi connectivity index (χ3v) is 8.00. The number of carbonyl (C=O) groups is 1. The van der Waals surface area contributed by atoms with Crippen LogP contribution >= 0.6 is 11.6 Å². The van der Waals surface area contributed by atoms with Crippen LogP contribution < -0.4 is 15.6 Å². The van der Waals surface area contributed by atoms with Crippen molar-refractivity contribution in [1.82, 2.24) is 14.9 Å². The molecule has 2 unspecified atom stereocenters. The summed E-state index contributed by atoms with van der Waals surface area (Å²) in [5, 5.41) is 13.8. The van der Waals surface area contributed by atoms with Gasteiger partial charge in [-0.15, -0.1) is 0 Å². The summed E-state index contributed by atoms with van der Waals surface area (Å²) in [4.78, 5) is 31.5. The number of ether oxygens (including phenoxy) is 1. The Balaban J connectivity index is 1.82. The number of aromatic nitrogens is 2. The molecule has 2 atom stereocenters. The number of benzene rings is 2. The Labute approximate surface area is 259 Å². The zero-order chi connectivity index (χ0) is 30.9. The average molecular weight is 604 g/mol. The van der Waals surface area contributed by atoms with Crippen LogP contribution in [0.3, 0.4) is 0 Å². The topological polar surface area (TPSA) is 93.5 Å². The number of halogens is 1. The third-order valence-electron chi connectivity index (χ3n) is 7.65.